The summed E-state index contributed by atoms with van der Waals surface area (Å²) in [6, 6.07) is 11.0. The van der Waals surface area contributed by atoms with Crippen molar-refractivity contribution in [2.24, 2.45) is 4.99 Å². The lowest BCUT2D eigenvalue weighted by Crippen LogP contribution is -2.09. The van der Waals surface area contributed by atoms with Crippen LogP contribution < -0.4 is 5.36 Å². The molecule has 0 bridgehead atoms. The number of carboxylic acid groups (broad SMARTS) is 1. The number of hydrogen-bond donors (Lipinski definition) is 1. The van der Waals surface area contributed by atoms with E-state index in [1.807, 2.05) is 39.8 Å². The Bertz CT molecular complexity index is 1400. The van der Waals surface area contributed by atoms with E-state index in [1.54, 1.807) is 24.3 Å². The lowest BCUT2D eigenvalue weighted by molar-refractivity contribution is 0.0697. The Hall–Kier alpha value is -3.40. The highest BCUT2D eigenvalue weighted by atomic mass is 16.4. The third kappa shape index (κ3) is 3.21. The Morgan fingerprint density at radius 1 is 1.07 bits per heavy atom. The maximum Gasteiger partial charge on any atom is 0.336 e. The molecule has 1 N–H and O–H groups in total. The quantitative estimate of drug-likeness (QED) is 0.455. The van der Waals surface area contributed by atoms with E-state index in [0.717, 1.165) is 16.7 Å². The van der Waals surface area contributed by atoms with E-state index in [0.29, 0.717) is 45.3 Å². The summed E-state index contributed by atoms with van der Waals surface area (Å²) in [7, 11) is 0. The normalized spacial score (nSPS) is 13.0. The second-order valence-electron chi connectivity index (χ2n) is 7.17. The van der Waals surface area contributed by atoms with Gasteiger partial charge in [-0.1, -0.05) is 18.2 Å². The minimum absolute atomic E-state index is 0.144. The molecule has 4 rings (SSSR count). The molecule has 4 heteroatoms. The van der Waals surface area contributed by atoms with Crippen molar-refractivity contribution in [3.63, 3.8) is 0 Å². The van der Waals surface area contributed by atoms with E-state index < -0.39 is 5.97 Å². The molecular weight excluding hydrogens is 362 g/mol. The van der Waals surface area contributed by atoms with Gasteiger partial charge in [-0.3, -0.25) is 4.99 Å². The number of benzene rings is 3. The Kier molecular flexibility index (Phi) is 4.11. The van der Waals surface area contributed by atoms with Gasteiger partial charge < -0.3 is 9.52 Å². The first-order valence-electron chi connectivity index (χ1n) is 10.6. The fourth-order valence-corrected chi connectivity index (χ4v) is 3.63. The second-order valence-corrected chi connectivity index (χ2v) is 7.17. The Balaban J connectivity index is 2.33. The van der Waals surface area contributed by atoms with Crippen molar-refractivity contribution in [2.75, 3.05) is 6.54 Å². The van der Waals surface area contributed by atoms with Gasteiger partial charge in [-0.05, 0) is 74.2 Å². The lowest BCUT2D eigenvalue weighted by atomic mass is 9.89. The summed E-state index contributed by atoms with van der Waals surface area (Å²) in [5, 5.41) is 11.0. The summed E-state index contributed by atoms with van der Waals surface area (Å²) in [5.74, 6) is -0.731. The molecule has 2 aromatic carbocycles. The molecule has 1 aliphatic heterocycles. The van der Waals surface area contributed by atoms with Crippen LogP contribution in [-0.2, 0) is 0 Å². The Morgan fingerprint density at radius 2 is 1.83 bits per heavy atom. The van der Waals surface area contributed by atoms with Gasteiger partial charge in [0.1, 0.15) is 11.3 Å². The molecule has 1 aliphatic carbocycles. The van der Waals surface area contributed by atoms with Crippen LogP contribution in [0.4, 0.5) is 0 Å². The molecule has 2 aliphatic rings. The van der Waals surface area contributed by atoms with Gasteiger partial charge in [-0.15, -0.1) is 0 Å². The smallest absolute Gasteiger partial charge is 0.336 e. The van der Waals surface area contributed by atoms with E-state index in [4.69, 9.17) is 7.16 Å². The summed E-state index contributed by atoms with van der Waals surface area (Å²) in [4.78, 5) is 16.5. The van der Waals surface area contributed by atoms with Crippen molar-refractivity contribution < 1.29 is 17.1 Å². The first-order chi connectivity index (χ1) is 14.8. The molecule has 0 atom stereocenters. The number of carboxylic acids is 1. The molecule has 1 heterocycles. The van der Waals surface area contributed by atoms with Gasteiger partial charge in [0.05, 0.1) is 13.7 Å². The number of rotatable bonds is 3. The van der Waals surface area contributed by atoms with Crippen LogP contribution in [0.15, 0.2) is 57.9 Å². The summed E-state index contributed by atoms with van der Waals surface area (Å²) in [6.07, 6.45) is 0. The zero-order valence-corrected chi connectivity index (χ0v) is 16.9. The van der Waals surface area contributed by atoms with Gasteiger partial charge in [0.25, 0.3) is 0 Å². The molecular formula is C25H23NO3. The van der Waals surface area contributed by atoms with Gasteiger partial charge >= 0.3 is 5.97 Å². The number of aromatic carboxylic acids is 1. The predicted molar refractivity (Wildman–Crippen MR) is 116 cm³/mol. The monoisotopic (exact) mass is 387 g/mol. The van der Waals surface area contributed by atoms with Gasteiger partial charge in [-0.2, -0.15) is 0 Å². The van der Waals surface area contributed by atoms with Gasteiger partial charge in [0, 0.05) is 29.1 Å². The van der Waals surface area contributed by atoms with Crippen molar-refractivity contribution in [2.45, 2.75) is 27.7 Å². The van der Waals surface area contributed by atoms with Crippen LogP contribution in [0, 0.1) is 20.8 Å². The molecule has 0 radical (unpaired) electrons. The third-order valence-electron chi connectivity index (χ3n) is 5.19. The summed E-state index contributed by atoms with van der Waals surface area (Å²) < 4.78 is 23.6. The first-order valence-corrected chi connectivity index (χ1v) is 9.56. The summed E-state index contributed by atoms with van der Waals surface area (Å²) in [6.45, 7) is 8.11. The average Bonchev–Trinajstić information content (AvgIpc) is 2.74. The topological polar surface area (TPSA) is 62.8 Å². The molecule has 0 saturated heterocycles. The van der Waals surface area contributed by atoms with Gasteiger partial charge in [0.2, 0.25) is 0 Å². The van der Waals surface area contributed by atoms with E-state index in [2.05, 4.69) is 4.99 Å². The minimum atomic E-state index is -1.03. The SMILES string of the molecule is [2H]c1c2oc3c([2H])c(C)c(C)cc3c(-c3ccccc3C(=O)O)c-2cc(C)/c1=N\CC. The molecule has 4 nitrogen and oxygen atoms in total. The lowest BCUT2D eigenvalue weighted by Gasteiger charge is -2.18. The van der Waals surface area contributed by atoms with Crippen molar-refractivity contribution in [3.8, 4) is 22.5 Å². The highest BCUT2D eigenvalue weighted by molar-refractivity contribution is 6.07. The van der Waals surface area contributed by atoms with Crippen LogP contribution in [0.25, 0.3) is 33.4 Å². The fraction of sp³-hybridized carbons (Fsp3) is 0.200. The maximum atomic E-state index is 12.0. The van der Waals surface area contributed by atoms with Crippen molar-refractivity contribution in [1.29, 1.82) is 0 Å². The van der Waals surface area contributed by atoms with Crippen molar-refractivity contribution >= 4 is 16.9 Å². The fourth-order valence-electron chi connectivity index (χ4n) is 3.63. The standard InChI is InChI=1S/C25H23NO3/c1-5-26-21-13-23-20(11-16(21)4)24(17-8-6-7-9-18(17)25(27)28)19-10-14(2)15(3)12-22(19)29-23/h6-13H,5H2,1-4H3,(H,27,28)/b26-21-/i12D,13D. The van der Waals surface area contributed by atoms with Crippen LogP contribution in [0.1, 0.15) is 36.7 Å². The van der Waals surface area contributed by atoms with Crippen molar-refractivity contribution in [3.05, 3.63) is 76.1 Å². The van der Waals surface area contributed by atoms with Crippen LogP contribution >= 0.6 is 0 Å². The zero-order chi connectivity index (χ0) is 22.4. The number of aryl methyl sites for hydroxylation is 2. The number of nitrogens with zero attached hydrogens (tertiary/aromatic N) is 1. The summed E-state index contributed by atoms with van der Waals surface area (Å²) >= 11 is 0. The van der Waals surface area contributed by atoms with E-state index in [9.17, 15) is 9.90 Å². The highest BCUT2D eigenvalue weighted by Gasteiger charge is 2.22. The van der Waals surface area contributed by atoms with Crippen molar-refractivity contribution in [1.82, 2.24) is 0 Å². The van der Waals surface area contributed by atoms with E-state index in [1.165, 1.54) is 0 Å². The molecule has 0 spiro atoms. The largest absolute Gasteiger partial charge is 0.478 e. The highest BCUT2D eigenvalue weighted by Crippen LogP contribution is 2.42. The molecule has 0 aromatic heterocycles. The third-order valence-corrected chi connectivity index (χ3v) is 5.19. The number of fused-ring (bicyclic) bond motifs is 2. The predicted octanol–water partition coefficient (Wildman–Crippen LogP) is 5.75. The van der Waals surface area contributed by atoms with Crippen LogP contribution in [-0.4, -0.2) is 17.6 Å². The molecule has 146 valence electrons. The second kappa shape index (κ2) is 7.21. The molecule has 0 amide bonds. The van der Waals surface area contributed by atoms with Crippen LogP contribution in [0.2, 0.25) is 0 Å². The van der Waals surface area contributed by atoms with Gasteiger partial charge in [-0.25, -0.2) is 4.79 Å². The molecule has 0 saturated carbocycles. The molecule has 29 heavy (non-hydrogen) atoms. The van der Waals surface area contributed by atoms with Gasteiger partial charge in [0.15, 0.2) is 0 Å². The van der Waals surface area contributed by atoms with E-state index >= 15 is 0 Å². The van der Waals surface area contributed by atoms with Crippen LogP contribution in [0.5, 0.6) is 0 Å². The molecule has 0 fully saturated rings. The number of carbonyl (C=O) groups is 1. The zero-order valence-electron chi connectivity index (χ0n) is 18.9. The average molecular weight is 387 g/mol. The minimum Gasteiger partial charge on any atom is -0.478 e. The Labute approximate surface area is 172 Å². The Morgan fingerprint density at radius 3 is 2.55 bits per heavy atom. The van der Waals surface area contributed by atoms with E-state index in [-0.39, 0.29) is 17.6 Å². The molecule has 0 unspecified atom stereocenters. The summed E-state index contributed by atoms with van der Waals surface area (Å²) in [5.41, 5.74) is 4.84. The molecule has 2 aromatic rings. The van der Waals surface area contributed by atoms with Crippen LogP contribution in [0.3, 0.4) is 0 Å². The number of hydrogen-bond acceptors (Lipinski definition) is 3. The maximum absolute atomic E-state index is 12.0. The first kappa shape index (κ1) is 16.5.